The molecule has 0 bridgehead atoms. The molecule has 0 aliphatic carbocycles. The molecule has 3 nitrogen and oxygen atoms in total. The summed E-state index contributed by atoms with van der Waals surface area (Å²) in [6, 6.07) is 13.2. The van der Waals surface area contributed by atoms with Crippen LogP contribution in [-0.4, -0.2) is 5.97 Å². The van der Waals surface area contributed by atoms with E-state index in [9.17, 15) is 4.79 Å². The van der Waals surface area contributed by atoms with Crippen LogP contribution in [0.15, 0.2) is 55.1 Å². The Morgan fingerprint density at radius 1 is 1.12 bits per heavy atom. The highest BCUT2D eigenvalue weighted by atomic mass is 17.2. The fourth-order valence-corrected chi connectivity index (χ4v) is 1.39. The minimum Gasteiger partial charge on any atom is -0.286 e. The van der Waals surface area contributed by atoms with Gasteiger partial charge in [0.25, 0.3) is 0 Å². The van der Waals surface area contributed by atoms with Crippen LogP contribution >= 0.6 is 0 Å². The van der Waals surface area contributed by atoms with Crippen molar-refractivity contribution in [3.8, 4) is 5.75 Å². The highest BCUT2D eigenvalue weighted by Gasteiger charge is 2.04. The standard InChI is InChI=1S/C13H10O3/c1-2-13(14)16-15-12-9-5-7-10-6-3-4-8-11(10)12/h2-9H,1H2. The predicted molar refractivity (Wildman–Crippen MR) is 60.9 cm³/mol. The van der Waals surface area contributed by atoms with Gasteiger partial charge in [-0.25, -0.2) is 9.68 Å². The molecule has 0 spiro atoms. The molecule has 0 heterocycles. The number of rotatable bonds is 3. The molecule has 2 rings (SSSR count). The maximum Gasteiger partial charge on any atom is 0.378 e. The Morgan fingerprint density at radius 3 is 2.69 bits per heavy atom. The van der Waals surface area contributed by atoms with Gasteiger partial charge in [-0.3, -0.25) is 4.89 Å². The number of hydrogen-bond acceptors (Lipinski definition) is 3. The number of hydrogen-bond donors (Lipinski definition) is 0. The summed E-state index contributed by atoms with van der Waals surface area (Å²) < 4.78 is 0. The molecule has 0 aliphatic rings. The Kier molecular flexibility index (Phi) is 2.87. The molecule has 0 fully saturated rings. The smallest absolute Gasteiger partial charge is 0.286 e. The Labute approximate surface area is 92.8 Å². The molecule has 3 heteroatoms. The molecule has 0 aromatic heterocycles. The minimum absolute atomic E-state index is 0.508. The van der Waals surface area contributed by atoms with Gasteiger partial charge in [0.15, 0.2) is 5.75 Å². The predicted octanol–water partition coefficient (Wildman–Crippen LogP) is 2.86. The average molecular weight is 214 g/mol. The first-order chi connectivity index (χ1) is 7.81. The second kappa shape index (κ2) is 4.49. The normalized spacial score (nSPS) is 9.75. The number of carbonyl (C=O) groups is 1. The van der Waals surface area contributed by atoms with Crippen molar-refractivity contribution < 1.29 is 14.6 Å². The van der Waals surface area contributed by atoms with Crippen LogP contribution < -0.4 is 4.89 Å². The van der Waals surface area contributed by atoms with E-state index in [1.165, 1.54) is 0 Å². The van der Waals surface area contributed by atoms with E-state index in [1.54, 1.807) is 6.07 Å². The summed E-state index contributed by atoms with van der Waals surface area (Å²) in [6.07, 6.45) is 1.05. The van der Waals surface area contributed by atoms with Gasteiger partial charge in [-0.05, 0) is 11.5 Å². The molecule has 0 unspecified atom stereocenters. The number of fused-ring (bicyclic) bond motifs is 1. The lowest BCUT2D eigenvalue weighted by molar-refractivity contribution is -0.206. The Hall–Kier alpha value is -2.29. The van der Waals surface area contributed by atoms with E-state index in [2.05, 4.69) is 11.5 Å². The van der Waals surface area contributed by atoms with Crippen LogP contribution in [0.3, 0.4) is 0 Å². The lowest BCUT2D eigenvalue weighted by Crippen LogP contribution is -2.04. The number of carbonyl (C=O) groups excluding carboxylic acids is 1. The Bertz CT molecular complexity index is 526. The summed E-state index contributed by atoms with van der Waals surface area (Å²) in [5.74, 6) is -0.110. The molecular formula is C13H10O3. The van der Waals surface area contributed by atoms with E-state index in [1.807, 2.05) is 36.4 Å². The highest BCUT2D eigenvalue weighted by Crippen LogP contribution is 2.25. The summed E-state index contributed by atoms with van der Waals surface area (Å²) in [5.41, 5.74) is 0. The van der Waals surface area contributed by atoms with Gasteiger partial charge < -0.3 is 0 Å². The third-order valence-electron chi connectivity index (χ3n) is 2.13. The zero-order valence-electron chi connectivity index (χ0n) is 8.55. The van der Waals surface area contributed by atoms with Crippen molar-refractivity contribution in [3.63, 3.8) is 0 Å². The molecule has 2 aromatic carbocycles. The molecule has 80 valence electrons. The molecule has 0 aliphatic heterocycles. The Morgan fingerprint density at radius 2 is 1.88 bits per heavy atom. The van der Waals surface area contributed by atoms with E-state index in [0.29, 0.717) is 5.75 Å². The average Bonchev–Trinajstić information content (AvgIpc) is 2.35. The summed E-state index contributed by atoms with van der Waals surface area (Å²) in [6.45, 7) is 3.28. The second-order valence-electron chi connectivity index (χ2n) is 3.17. The third-order valence-corrected chi connectivity index (χ3v) is 2.13. The van der Waals surface area contributed by atoms with Gasteiger partial charge in [-0.1, -0.05) is 43.0 Å². The fraction of sp³-hybridized carbons (Fsp3) is 0. The van der Waals surface area contributed by atoms with Crippen molar-refractivity contribution in [2.75, 3.05) is 0 Å². The lowest BCUT2D eigenvalue weighted by Gasteiger charge is -2.05. The summed E-state index contributed by atoms with van der Waals surface area (Å²) >= 11 is 0. The highest BCUT2D eigenvalue weighted by molar-refractivity contribution is 5.88. The first kappa shape index (κ1) is 10.2. The topological polar surface area (TPSA) is 35.5 Å². The van der Waals surface area contributed by atoms with E-state index in [0.717, 1.165) is 16.8 Å². The van der Waals surface area contributed by atoms with Crippen molar-refractivity contribution in [3.05, 3.63) is 55.1 Å². The lowest BCUT2D eigenvalue weighted by atomic mass is 10.1. The van der Waals surface area contributed by atoms with Crippen LogP contribution in [0, 0.1) is 0 Å². The van der Waals surface area contributed by atoms with Crippen molar-refractivity contribution in [2.24, 2.45) is 0 Å². The molecule has 0 radical (unpaired) electrons. The van der Waals surface area contributed by atoms with Crippen molar-refractivity contribution in [2.45, 2.75) is 0 Å². The molecule has 0 saturated heterocycles. The first-order valence-corrected chi connectivity index (χ1v) is 4.80. The van der Waals surface area contributed by atoms with Gasteiger partial charge in [0, 0.05) is 11.5 Å². The van der Waals surface area contributed by atoms with Gasteiger partial charge in [0.05, 0.1) is 0 Å². The molecular weight excluding hydrogens is 204 g/mol. The van der Waals surface area contributed by atoms with Crippen LogP contribution in [0.1, 0.15) is 0 Å². The van der Waals surface area contributed by atoms with Gasteiger partial charge in [-0.15, -0.1) is 0 Å². The molecule has 0 saturated carbocycles. The van der Waals surface area contributed by atoms with E-state index in [4.69, 9.17) is 4.89 Å². The zero-order chi connectivity index (χ0) is 11.4. The molecule has 16 heavy (non-hydrogen) atoms. The maximum absolute atomic E-state index is 10.9. The molecule has 0 amide bonds. The van der Waals surface area contributed by atoms with E-state index < -0.39 is 5.97 Å². The van der Waals surface area contributed by atoms with Gasteiger partial charge in [0.1, 0.15) is 0 Å². The first-order valence-electron chi connectivity index (χ1n) is 4.80. The summed E-state index contributed by atoms with van der Waals surface area (Å²) in [7, 11) is 0. The van der Waals surface area contributed by atoms with Crippen molar-refractivity contribution in [1.29, 1.82) is 0 Å². The summed E-state index contributed by atoms with van der Waals surface area (Å²) in [5, 5.41) is 1.91. The fourth-order valence-electron chi connectivity index (χ4n) is 1.39. The number of benzene rings is 2. The largest absolute Gasteiger partial charge is 0.378 e. The molecule has 0 atom stereocenters. The summed E-state index contributed by atoms with van der Waals surface area (Å²) in [4.78, 5) is 20.3. The minimum atomic E-state index is -0.618. The van der Waals surface area contributed by atoms with Crippen LogP contribution in [0.2, 0.25) is 0 Å². The second-order valence-corrected chi connectivity index (χ2v) is 3.17. The molecule has 2 aromatic rings. The SMILES string of the molecule is C=CC(=O)OOc1cccc2ccccc12. The van der Waals surface area contributed by atoms with Crippen LogP contribution in [0.4, 0.5) is 0 Å². The quantitative estimate of drug-likeness (QED) is 0.447. The molecule has 0 N–H and O–H groups in total. The Balaban J connectivity index is 2.30. The van der Waals surface area contributed by atoms with Gasteiger partial charge in [-0.2, -0.15) is 0 Å². The van der Waals surface area contributed by atoms with Crippen LogP contribution in [0.25, 0.3) is 10.8 Å². The monoisotopic (exact) mass is 214 g/mol. The van der Waals surface area contributed by atoms with Crippen LogP contribution in [-0.2, 0) is 9.68 Å². The maximum atomic E-state index is 10.9. The van der Waals surface area contributed by atoms with Crippen molar-refractivity contribution in [1.82, 2.24) is 0 Å². The van der Waals surface area contributed by atoms with Gasteiger partial charge >= 0.3 is 5.97 Å². The zero-order valence-corrected chi connectivity index (χ0v) is 8.55. The van der Waals surface area contributed by atoms with Crippen molar-refractivity contribution >= 4 is 16.7 Å². The van der Waals surface area contributed by atoms with E-state index in [-0.39, 0.29) is 0 Å². The van der Waals surface area contributed by atoms with Gasteiger partial charge in [0.2, 0.25) is 0 Å². The van der Waals surface area contributed by atoms with E-state index >= 15 is 0 Å². The van der Waals surface area contributed by atoms with Crippen LogP contribution in [0.5, 0.6) is 5.75 Å². The third kappa shape index (κ3) is 2.03.